The molecule has 0 unspecified atom stereocenters. The summed E-state index contributed by atoms with van der Waals surface area (Å²) < 4.78 is 39.8. The normalized spacial score (nSPS) is 29.6. The van der Waals surface area contributed by atoms with Crippen molar-refractivity contribution in [2.75, 3.05) is 32.6 Å². The van der Waals surface area contributed by atoms with Crippen LogP contribution in [0.15, 0.2) is 65.6 Å². The van der Waals surface area contributed by atoms with Gasteiger partial charge in [-0.15, -0.1) is 0 Å². The van der Waals surface area contributed by atoms with Crippen LogP contribution in [-0.2, 0) is 22.0 Å². The van der Waals surface area contributed by atoms with E-state index < -0.39 is 22.3 Å². The van der Waals surface area contributed by atoms with Gasteiger partial charge in [-0.1, -0.05) is 42.5 Å². The third-order valence-electron chi connectivity index (χ3n) is 8.94. The van der Waals surface area contributed by atoms with E-state index >= 15 is 0 Å². The van der Waals surface area contributed by atoms with E-state index in [-0.39, 0.29) is 22.0 Å². The lowest BCUT2D eigenvalue weighted by Gasteiger charge is -2.56. The van der Waals surface area contributed by atoms with E-state index in [1.807, 2.05) is 49.3 Å². The second-order valence-corrected chi connectivity index (χ2v) is 12.5. The molecule has 7 rings (SSSR count). The van der Waals surface area contributed by atoms with Gasteiger partial charge in [0.25, 0.3) is 0 Å². The van der Waals surface area contributed by atoms with E-state index in [0.29, 0.717) is 17.2 Å². The van der Waals surface area contributed by atoms with Gasteiger partial charge in [0.05, 0.1) is 0 Å². The first-order chi connectivity index (χ1) is 17.7. The Morgan fingerprint density at radius 1 is 1.08 bits per heavy atom. The molecule has 2 aliphatic carbocycles. The number of hydrogen-bond acceptors (Lipinski definition) is 7. The van der Waals surface area contributed by atoms with E-state index in [1.165, 1.54) is 0 Å². The maximum atomic E-state index is 13.7. The van der Waals surface area contributed by atoms with Crippen LogP contribution < -0.4 is 13.8 Å². The molecule has 4 aliphatic rings. The Bertz CT molecular complexity index is 1580. The Hall–Kier alpha value is -3.07. The Morgan fingerprint density at radius 3 is 2.68 bits per heavy atom. The number of hydrogen-bond donors (Lipinski definition) is 1. The fraction of sp³-hybridized carbons (Fsp3) is 0.379. The van der Waals surface area contributed by atoms with E-state index in [1.54, 1.807) is 24.3 Å². The third kappa shape index (κ3) is 3.03. The number of nitrogens with zero attached hydrogens (tertiary/aromatic N) is 2. The van der Waals surface area contributed by atoms with Crippen LogP contribution in [0.1, 0.15) is 17.5 Å². The first-order valence-electron chi connectivity index (χ1n) is 12.8. The zero-order valence-corrected chi connectivity index (χ0v) is 21.9. The van der Waals surface area contributed by atoms with Crippen molar-refractivity contribution in [2.24, 2.45) is 5.92 Å². The van der Waals surface area contributed by atoms with E-state index in [0.717, 1.165) is 41.6 Å². The molecule has 2 aliphatic heterocycles. The van der Waals surface area contributed by atoms with Gasteiger partial charge in [0.2, 0.25) is 0 Å². The highest BCUT2D eigenvalue weighted by Gasteiger charge is 2.64. The molecule has 1 saturated heterocycles. The SMILES string of the molecule is CN(C)c1cccc2c(S(=O)(=O)Oc3ccc4c5c3O[C@H]3[C@@H](O)C=C[C@H]6[C@@H](C4)N(C)CC[C@@]563)cccc12. The predicted molar refractivity (Wildman–Crippen MR) is 142 cm³/mol. The van der Waals surface area contributed by atoms with Gasteiger partial charge < -0.3 is 23.8 Å². The highest BCUT2D eigenvalue weighted by atomic mass is 32.2. The summed E-state index contributed by atoms with van der Waals surface area (Å²) >= 11 is 0. The number of ether oxygens (including phenoxy) is 1. The fourth-order valence-corrected chi connectivity index (χ4v) is 8.48. The van der Waals surface area contributed by atoms with Crippen molar-refractivity contribution < 1.29 is 22.4 Å². The van der Waals surface area contributed by atoms with Gasteiger partial charge in [-0.25, -0.2) is 0 Å². The fourth-order valence-electron chi connectivity index (χ4n) is 7.33. The second-order valence-electron chi connectivity index (χ2n) is 11.0. The van der Waals surface area contributed by atoms with Crippen LogP contribution in [-0.4, -0.2) is 64.4 Å². The minimum Gasteiger partial charge on any atom is -0.482 e. The molecule has 3 aromatic carbocycles. The molecular formula is C29H30N2O5S. The van der Waals surface area contributed by atoms with Crippen LogP contribution >= 0.6 is 0 Å². The molecule has 3 aromatic rings. The molecule has 192 valence electrons. The zero-order chi connectivity index (χ0) is 25.7. The first kappa shape index (κ1) is 23.1. The third-order valence-corrected chi connectivity index (χ3v) is 10.2. The molecule has 1 spiro atoms. The van der Waals surface area contributed by atoms with Crippen molar-refractivity contribution in [1.82, 2.24) is 4.90 Å². The maximum absolute atomic E-state index is 13.7. The molecule has 0 saturated carbocycles. The number of likely N-dealkylation sites (N-methyl/N-ethyl adjacent to an activating group) is 1. The lowest BCUT2D eigenvalue weighted by molar-refractivity contribution is -0.0452. The number of benzene rings is 3. The number of anilines is 1. The molecule has 8 heteroatoms. The van der Waals surface area contributed by atoms with Crippen molar-refractivity contribution in [2.45, 2.75) is 41.4 Å². The quantitative estimate of drug-likeness (QED) is 0.419. The Labute approximate surface area is 217 Å². The van der Waals surface area contributed by atoms with E-state index in [4.69, 9.17) is 8.92 Å². The van der Waals surface area contributed by atoms with Gasteiger partial charge in [-0.2, -0.15) is 8.42 Å². The number of likely N-dealkylation sites (tertiary alicyclic amines) is 1. The maximum Gasteiger partial charge on any atom is 0.339 e. The van der Waals surface area contributed by atoms with Crippen molar-refractivity contribution in [3.63, 3.8) is 0 Å². The highest BCUT2D eigenvalue weighted by Crippen LogP contribution is 2.62. The summed E-state index contributed by atoms with van der Waals surface area (Å²) in [6, 6.07) is 14.9. The molecular weight excluding hydrogens is 488 g/mol. The van der Waals surface area contributed by atoms with E-state index in [9.17, 15) is 13.5 Å². The standard InChI is InChI=1S/C29H30N2O5S/c1-30(2)21-8-4-7-19-18(21)6-5-9-25(19)37(33,34)36-24-13-10-17-16-22-20-11-12-23(32)28-29(20,14-15-31(22)3)26(17)27(24)35-28/h4-13,20,22-23,28,32H,14-16H2,1-3H3/t20-,22+,23-,28-,29-/m0/s1. The molecule has 0 amide bonds. The second kappa shape index (κ2) is 7.72. The van der Waals surface area contributed by atoms with Crippen LogP contribution in [0.5, 0.6) is 11.5 Å². The van der Waals surface area contributed by atoms with Gasteiger partial charge in [0.15, 0.2) is 11.5 Å². The summed E-state index contributed by atoms with van der Waals surface area (Å²) in [4.78, 5) is 4.47. The molecule has 7 nitrogen and oxygen atoms in total. The molecule has 0 aromatic heterocycles. The smallest absolute Gasteiger partial charge is 0.339 e. The Balaban J connectivity index is 1.36. The van der Waals surface area contributed by atoms with Gasteiger partial charge in [-0.3, -0.25) is 0 Å². The number of aliphatic hydroxyl groups excluding tert-OH is 1. The first-order valence-corrected chi connectivity index (χ1v) is 14.2. The largest absolute Gasteiger partial charge is 0.482 e. The van der Waals surface area contributed by atoms with Crippen molar-refractivity contribution in [1.29, 1.82) is 0 Å². The summed E-state index contributed by atoms with van der Waals surface area (Å²) in [5.41, 5.74) is 2.73. The van der Waals surface area contributed by atoms with Gasteiger partial charge in [-0.05, 0) is 50.2 Å². The van der Waals surface area contributed by atoms with Gasteiger partial charge in [0, 0.05) is 53.5 Å². The summed E-state index contributed by atoms with van der Waals surface area (Å²) in [5, 5.41) is 12.4. The summed E-state index contributed by atoms with van der Waals surface area (Å²) in [6.45, 7) is 0.897. The molecule has 37 heavy (non-hydrogen) atoms. The molecule has 5 atom stereocenters. The monoisotopic (exact) mass is 518 g/mol. The number of fused-ring (bicyclic) bond motifs is 1. The Kier molecular flexibility index (Phi) is 4.82. The average Bonchev–Trinajstić information content (AvgIpc) is 3.23. The van der Waals surface area contributed by atoms with Crippen LogP contribution in [0.2, 0.25) is 0 Å². The van der Waals surface area contributed by atoms with Crippen LogP contribution in [0.4, 0.5) is 5.69 Å². The van der Waals surface area contributed by atoms with Gasteiger partial charge >= 0.3 is 10.1 Å². The lowest BCUT2D eigenvalue weighted by Crippen LogP contribution is -2.64. The minimum absolute atomic E-state index is 0.117. The summed E-state index contributed by atoms with van der Waals surface area (Å²) in [5.74, 6) is 0.852. The molecule has 2 bridgehead atoms. The van der Waals surface area contributed by atoms with E-state index in [2.05, 4.69) is 18.0 Å². The van der Waals surface area contributed by atoms with Crippen molar-refractivity contribution >= 4 is 26.6 Å². The van der Waals surface area contributed by atoms with Crippen LogP contribution in [0.25, 0.3) is 10.8 Å². The topological polar surface area (TPSA) is 79.3 Å². The number of aliphatic hydroxyl groups is 1. The minimum atomic E-state index is -4.18. The van der Waals surface area contributed by atoms with Gasteiger partial charge in [0.1, 0.15) is 17.1 Å². The predicted octanol–water partition coefficient (Wildman–Crippen LogP) is 3.48. The molecule has 1 N–H and O–H groups in total. The zero-order valence-electron chi connectivity index (χ0n) is 21.1. The Morgan fingerprint density at radius 2 is 1.86 bits per heavy atom. The molecule has 0 radical (unpaired) electrons. The highest BCUT2D eigenvalue weighted by molar-refractivity contribution is 7.87. The summed E-state index contributed by atoms with van der Waals surface area (Å²) in [6.07, 6.45) is 4.46. The molecule has 1 fully saturated rings. The lowest BCUT2D eigenvalue weighted by atomic mass is 9.53. The number of piperidine rings is 1. The number of rotatable bonds is 4. The molecule has 2 heterocycles. The van der Waals surface area contributed by atoms with Crippen molar-refractivity contribution in [3.8, 4) is 11.5 Å². The van der Waals surface area contributed by atoms with Crippen molar-refractivity contribution in [3.05, 3.63) is 71.8 Å². The van der Waals surface area contributed by atoms with Crippen LogP contribution in [0, 0.1) is 5.92 Å². The average molecular weight is 519 g/mol. The summed E-state index contributed by atoms with van der Waals surface area (Å²) in [7, 11) is 1.84. The van der Waals surface area contributed by atoms with Crippen LogP contribution in [0.3, 0.4) is 0 Å².